The summed E-state index contributed by atoms with van der Waals surface area (Å²) in [6.45, 7) is 10.1. The Bertz CT molecular complexity index is 390. The number of piperidine rings is 1. The van der Waals surface area contributed by atoms with Crippen molar-refractivity contribution in [2.75, 3.05) is 6.54 Å². The van der Waals surface area contributed by atoms with Crippen molar-refractivity contribution < 1.29 is 0 Å². The average Bonchev–Trinajstić information content (AvgIpc) is 2.84. The number of thiazole rings is 1. The fourth-order valence-electron chi connectivity index (χ4n) is 2.79. The van der Waals surface area contributed by atoms with Crippen LogP contribution in [-0.2, 0) is 6.42 Å². The van der Waals surface area contributed by atoms with Gasteiger partial charge in [0.2, 0.25) is 0 Å². The molecular weight excluding hydrogens is 242 g/mol. The topological polar surface area (TPSA) is 42.2 Å². The number of aryl methyl sites for hydroxylation is 1. The van der Waals surface area contributed by atoms with E-state index in [2.05, 4.69) is 37.6 Å². The highest BCUT2D eigenvalue weighted by molar-refractivity contribution is 7.11. The highest BCUT2D eigenvalue weighted by Crippen LogP contribution is 2.32. The number of nitrogens with two attached hydrogens (primary N) is 1. The molecule has 1 aliphatic rings. The molecule has 1 aromatic rings. The summed E-state index contributed by atoms with van der Waals surface area (Å²) in [5.74, 6) is 0.562. The van der Waals surface area contributed by atoms with Crippen LogP contribution in [0.2, 0.25) is 0 Å². The first-order chi connectivity index (χ1) is 8.54. The number of nitrogens with zero attached hydrogens (tertiary/aromatic N) is 2. The molecule has 0 spiro atoms. The first-order valence-corrected chi connectivity index (χ1v) is 7.82. The van der Waals surface area contributed by atoms with Gasteiger partial charge in [-0.1, -0.05) is 13.8 Å². The summed E-state index contributed by atoms with van der Waals surface area (Å²) >= 11 is 1.85. The van der Waals surface area contributed by atoms with Crippen LogP contribution in [0.4, 0.5) is 0 Å². The molecule has 1 saturated heterocycles. The van der Waals surface area contributed by atoms with Crippen LogP contribution in [0.25, 0.3) is 0 Å². The Hall–Kier alpha value is -0.450. The van der Waals surface area contributed by atoms with E-state index in [4.69, 9.17) is 5.73 Å². The van der Waals surface area contributed by atoms with Gasteiger partial charge in [-0.05, 0) is 32.6 Å². The largest absolute Gasteiger partial charge is 0.327 e. The maximum absolute atomic E-state index is 6.16. The molecule has 2 N–H and O–H groups in total. The normalized spacial score (nSPS) is 31.5. The molecule has 0 bridgehead atoms. The fraction of sp³-hybridized carbons (Fsp3) is 0.786. The van der Waals surface area contributed by atoms with Gasteiger partial charge in [-0.15, -0.1) is 11.3 Å². The lowest BCUT2D eigenvalue weighted by molar-refractivity contribution is 0.0625. The Morgan fingerprint density at radius 1 is 1.56 bits per heavy atom. The second-order valence-electron chi connectivity index (χ2n) is 5.48. The Kier molecular flexibility index (Phi) is 4.41. The van der Waals surface area contributed by atoms with Crippen molar-refractivity contribution in [3.05, 3.63) is 16.1 Å². The van der Waals surface area contributed by atoms with Crippen molar-refractivity contribution in [3.8, 4) is 0 Å². The van der Waals surface area contributed by atoms with Gasteiger partial charge in [0, 0.05) is 29.7 Å². The van der Waals surface area contributed by atoms with Gasteiger partial charge in [-0.25, -0.2) is 4.98 Å². The van der Waals surface area contributed by atoms with E-state index < -0.39 is 0 Å². The van der Waals surface area contributed by atoms with Gasteiger partial charge >= 0.3 is 0 Å². The molecule has 2 heterocycles. The number of rotatable bonds is 3. The van der Waals surface area contributed by atoms with Gasteiger partial charge < -0.3 is 5.73 Å². The zero-order chi connectivity index (χ0) is 13.3. The summed E-state index contributed by atoms with van der Waals surface area (Å²) in [5, 5.41) is 1.25. The molecule has 4 heteroatoms. The zero-order valence-electron chi connectivity index (χ0n) is 11.9. The average molecular weight is 267 g/mol. The molecule has 0 saturated carbocycles. The quantitative estimate of drug-likeness (QED) is 0.915. The van der Waals surface area contributed by atoms with Gasteiger partial charge in [0.05, 0.1) is 6.04 Å². The summed E-state index contributed by atoms with van der Waals surface area (Å²) in [7, 11) is 0. The highest BCUT2D eigenvalue weighted by atomic mass is 32.1. The predicted octanol–water partition coefficient (Wildman–Crippen LogP) is 2.82. The third-order valence-electron chi connectivity index (χ3n) is 4.45. The van der Waals surface area contributed by atoms with Crippen LogP contribution in [0.5, 0.6) is 0 Å². The van der Waals surface area contributed by atoms with Gasteiger partial charge in [0.1, 0.15) is 5.01 Å². The van der Waals surface area contributed by atoms with E-state index in [0.717, 1.165) is 19.4 Å². The van der Waals surface area contributed by atoms with Crippen LogP contribution in [0.1, 0.15) is 50.0 Å². The monoisotopic (exact) mass is 267 g/mol. The minimum Gasteiger partial charge on any atom is -0.327 e. The Morgan fingerprint density at radius 3 is 2.89 bits per heavy atom. The molecule has 1 aromatic heterocycles. The number of hydrogen-bond acceptors (Lipinski definition) is 4. The molecule has 0 radical (unpaired) electrons. The van der Waals surface area contributed by atoms with Crippen molar-refractivity contribution in [3.63, 3.8) is 0 Å². The molecule has 4 unspecified atom stereocenters. The smallest absolute Gasteiger partial charge is 0.110 e. The van der Waals surface area contributed by atoms with E-state index in [1.807, 2.05) is 17.5 Å². The third-order valence-corrected chi connectivity index (χ3v) is 5.77. The Labute approximate surface area is 114 Å². The standard InChI is InChI=1S/C14H25N3S/c1-5-12-8-16-14(18-12)11(4)17-7-6-13(15)9(2)10(17)3/h8-11,13H,5-7,15H2,1-4H3. The molecule has 0 amide bonds. The van der Waals surface area contributed by atoms with Crippen LogP contribution < -0.4 is 5.73 Å². The maximum atomic E-state index is 6.16. The lowest BCUT2D eigenvalue weighted by atomic mass is 9.87. The minimum absolute atomic E-state index is 0.353. The van der Waals surface area contributed by atoms with Crippen molar-refractivity contribution in [1.29, 1.82) is 0 Å². The molecule has 1 fully saturated rings. The maximum Gasteiger partial charge on any atom is 0.110 e. The molecule has 4 atom stereocenters. The summed E-state index contributed by atoms with van der Waals surface area (Å²) in [6.07, 6.45) is 4.21. The van der Waals surface area contributed by atoms with Crippen molar-refractivity contribution >= 4 is 11.3 Å². The lowest BCUT2D eigenvalue weighted by Crippen LogP contribution is -2.52. The summed E-state index contributed by atoms with van der Waals surface area (Å²) < 4.78 is 0. The van der Waals surface area contributed by atoms with Crippen LogP contribution >= 0.6 is 11.3 Å². The predicted molar refractivity (Wildman–Crippen MR) is 77.8 cm³/mol. The van der Waals surface area contributed by atoms with Crippen molar-refractivity contribution in [2.45, 2.75) is 58.7 Å². The Balaban J connectivity index is 2.10. The molecule has 18 heavy (non-hydrogen) atoms. The third kappa shape index (κ3) is 2.60. The first kappa shape index (κ1) is 14.0. The van der Waals surface area contributed by atoms with Crippen LogP contribution in [0, 0.1) is 5.92 Å². The second kappa shape index (κ2) is 5.68. The van der Waals surface area contributed by atoms with Gasteiger partial charge in [-0.3, -0.25) is 4.90 Å². The fourth-order valence-corrected chi connectivity index (χ4v) is 3.72. The van der Waals surface area contributed by atoms with E-state index in [0.29, 0.717) is 24.0 Å². The van der Waals surface area contributed by atoms with Crippen LogP contribution in [0.3, 0.4) is 0 Å². The lowest BCUT2D eigenvalue weighted by Gasteiger charge is -2.43. The number of likely N-dealkylation sites (tertiary alicyclic amines) is 1. The summed E-state index contributed by atoms with van der Waals surface area (Å²) in [5.41, 5.74) is 6.16. The van der Waals surface area contributed by atoms with E-state index in [9.17, 15) is 0 Å². The molecule has 3 nitrogen and oxygen atoms in total. The second-order valence-corrected chi connectivity index (χ2v) is 6.63. The molecular formula is C14H25N3S. The van der Waals surface area contributed by atoms with E-state index in [-0.39, 0.29) is 0 Å². The van der Waals surface area contributed by atoms with E-state index in [1.165, 1.54) is 9.88 Å². The number of aromatic nitrogens is 1. The SMILES string of the molecule is CCc1cnc(C(C)N2CCC(N)C(C)C2C)s1. The summed E-state index contributed by atoms with van der Waals surface area (Å²) in [4.78, 5) is 8.53. The van der Waals surface area contributed by atoms with Gasteiger partial charge in [0.25, 0.3) is 0 Å². The zero-order valence-corrected chi connectivity index (χ0v) is 12.7. The molecule has 102 valence electrons. The number of hydrogen-bond donors (Lipinski definition) is 1. The highest BCUT2D eigenvalue weighted by Gasteiger charge is 2.33. The van der Waals surface area contributed by atoms with Crippen LogP contribution in [0.15, 0.2) is 6.20 Å². The summed E-state index contributed by atoms with van der Waals surface area (Å²) in [6, 6.07) is 1.31. The minimum atomic E-state index is 0.353. The molecule has 2 rings (SSSR count). The van der Waals surface area contributed by atoms with Crippen LogP contribution in [-0.4, -0.2) is 28.5 Å². The molecule has 0 aliphatic carbocycles. The molecule has 0 aromatic carbocycles. The Morgan fingerprint density at radius 2 is 2.28 bits per heavy atom. The first-order valence-electron chi connectivity index (χ1n) is 7.00. The van der Waals surface area contributed by atoms with Gasteiger partial charge in [-0.2, -0.15) is 0 Å². The van der Waals surface area contributed by atoms with Crippen molar-refractivity contribution in [2.24, 2.45) is 11.7 Å². The van der Waals surface area contributed by atoms with Crippen molar-refractivity contribution in [1.82, 2.24) is 9.88 Å². The molecule has 1 aliphatic heterocycles. The van der Waals surface area contributed by atoms with Gasteiger partial charge in [0.15, 0.2) is 0 Å². The van der Waals surface area contributed by atoms with E-state index >= 15 is 0 Å². The van der Waals surface area contributed by atoms with E-state index in [1.54, 1.807) is 0 Å².